The van der Waals surface area contributed by atoms with E-state index in [2.05, 4.69) is 5.32 Å². The molecule has 7 heteroatoms. The second kappa shape index (κ2) is 9.63. The van der Waals surface area contributed by atoms with E-state index < -0.39 is 5.63 Å². The molecule has 178 valence electrons. The van der Waals surface area contributed by atoms with Crippen LogP contribution in [-0.2, 0) is 17.6 Å². The third-order valence-corrected chi connectivity index (χ3v) is 6.37. The van der Waals surface area contributed by atoms with Crippen molar-refractivity contribution < 1.29 is 23.1 Å². The Bertz CT molecular complexity index is 1430. The van der Waals surface area contributed by atoms with Gasteiger partial charge >= 0.3 is 5.63 Å². The maximum atomic E-state index is 12.6. The number of rotatable bonds is 8. The van der Waals surface area contributed by atoms with Crippen molar-refractivity contribution in [3.63, 3.8) is 0 Å². The van der Waals surface area contributed by atoms with Crippen molar-refractivity contribution in [2.45, 2.75) is 40.0 Å². The highest BCUT2D eigenvalue weighted by Gasteiger charge is 2.16. The summed E-state index contributed by atoms with van der Waals surface area (Å²) in [4.78, 5) is 25.1. The Balaban J connectivity index is 1.42. The molecule has 7 nitrogen and oxygen atoms in total. The fraction of sp³-hybridized carbons (Fsp3) is 0.333. The van der Waals surface area contributed by atoms with Gasteiger partial charge in [0.05, 0.1) is 14.2 Å². The SMILES string of the molecule is COc1ccc(CCNC(=O)CCc2c(C)c3cc4c(C)c(C)oc4cc3oc2=O)cc1OC. The van der Waals surface area contributed by atoms with Crippen molar-refractivity contribution in [3.05, 3.63) is 68.8 Å². The normalized spacial score (nSPS) is 11.2. The number of carbonyl (C=O) groups excluding carboxylic acids is 1. The Labute approximate surface area is 197 Å². The molecule has 0 bridgehead atoms. The highest BCUT2D eigenvalue weighted by molar-refractivity contribution is 5.96. The maximum Gasteiger partial charge on any atom is 0.339 e. The van der Waals surface area contributed by atoms with Crippen LogP contribution in [0.25, 0.3) is 21.9 Å². The number of hydrogen-bond acceptors (Lipinski definition) is 6. The van der Waals surface area contributed by atoms with Crippen LogP contribution in [0.3, 0.4) is 0 Å². The number of ether oxygens (including phenoxy) is 2. The minimum Gasteiger partial charge on any atom is -0.493 e. The number of carbonyl (C=O) groups is 1. The van der Waals surface area contributed by atoms with E-state index in [1.54, 1.807) is 20.3 Å². The van der Waals surface area contributed by atoms with Crippen molar-refractivity contribution in [2.75, 3.05) is 20.8 Å². The van der Waals surface area contributed by atoms with Gasteiger partial charge in [-0.15, -0.1) is 0 Å². The molecule has 0 unspecified atom stereocenters. The molecule has 0 aliphatic carbocycles. The highest BCUT2D eigenvalue weighted by Crippen LogP contribution is 2.31. The van der Waals surface area contributed by atoms with E-state index in [4.69, 9.17) is 18.3 Å². The van der Waals surface area contributed by atoms with Gasteiger partial charge in [0, 0.05) is 35.4 Å². The number of aryl methyl sites for hydroxylation is 3. The van der Waals surface area contributed by atoms with Crippen LogP contribution in [0.5, 0.6) is 11.5 Å². The first-order valence-electron chi connectivity index (χ1n) is 11.3. The zero-order chi connectivity index (χ0) is 24.4. The average Bonchev–Trinajstić information content (AvgIpc) is 3.10. The molecular formula is C27H29NO6. The Morgan fingerprint density at radius 1 is 0.882 bits per heavy atom. The lowest BCUT2D eigenvalue weighted by Gasteiger charge is -2.10. The molecular weight excluding hydrogens is 434 g/mol. The summed E-state index contributed by atoms with van der Waals surface area (Å²) in [5, 5.41) is 4.78. The molecule has 0 radical (unpaired) electrons. The van der Waals surface area contributed by atoms with E-state index in [0.29, 0.717) is 47.6 Å². The van der Waals surface area contributed by atoms with Crippen LogP contribution in [0.2, 0.25) is 0 Å². The third-order valence-electron chi connectivity index (χ3n) is 6.37. The first-order chi connectivity index (χ1) is 16.3. The zero-order valence-corrected chi connectivity index (χ0v) is 20.2. The number of hydrogen-bond donors (Lipinski definition) is 1. The van der Waals surface area contributed by atoms with Crippen molar-refractivity contribution in [3.8, 4) is 11.5 Å². The van der Waals surface area contributed by atoms with Gasteiger partial charge in [0.25, 0.3) is 0 Å². The Kier molecular flexibility index (Phi) is 6.63. The lowest BCUT2D eigenvalue weighted by molar-refractivity contribution is -0.121. The quantitative estimate of drug-likeness (QED) is 0.379. The molecule has 0 spiro atoms. The summed E-state index contributed by atoms with van der Waals surface area (Å²) in [6.07, 6.45) is 1.17. The lowest BCUT2D eigenvalue weighted by atomic mass is 10.0. The number of methoxy groups -OCH3 is 2. The fourth-order valence-electron chi connectivity index (χ4n) is 4.22. The van der Waals surface area contributed by atoms with Crippen LogP contribution in [-0.4, -0.2) is 26.7 Å². The fourth-order valence-corrected chi connectivity index (χ4v) is 4.22. The molecule has 2 heterocycles. The Morgan fingerprint density at radius 3 is 2.32 bits per heavy atom. The van der Waals surface area contributed by atoms with Crippen LogP contribution in [0.4, 0.5) is 0 Å². The molecule has 1 N–H and O–H groups in total. The van der Waals surface area contributed by atoms with Crippen molar-refractivity contribution in [1.82, 2.24) is 5.32 Å². The van der Waals surface area contributed by atoms with Crippen molar-refractivity contribution in [1.29, 1.82) is 0 Å². The minimum atomic E-state index is -0.414. The standard InChI is InChI=1S/C27H29NO6/c1-15-17(3)33-23-14-24-21(13-20(15)23)16(2)19(27(30)34-24)7-9-26(29)28-11-10-18-6-8-22(31-4)25(12-18)32-5/h6,8,12-14H,7,9-11H2,1-5H3,(H,28,29). The molecule has 0 saturated heterocycles. The number of nitrogens with one attached hydrogen (secondary N) is 1. The molecule has 1 amide bonds. The van der Waals surface area contributed by atoms with E-state index >= 15 is 0 Å². The number of fused-ring (bicyclic) bond motifs is 2. The Morgan fingerprint density at radius 2 is 1.59 bits per heavy atom. The van der Waals surface area contributed by atoms with Gasteiger partial charge in [-0.25, -0.2) is 4.79 Å². The van der Waals surface area contributed by atoms with E-state index in [0.717, 1.165) is 33.2 Å². The molecule has 2 aromatic heterocycles. The molecule has 34 heavy (non-hydrogen) atoms. The van der Waals surface area contributed by atoms with Gasteiger partial charge < -0.3 is 23.6 Å². The highest BCUT2D eigenvalue weighted by atomic mass is 16.5. The summed E-state index contributed by atoms with van der Waals surface area (Å²) in [6, 6.07) is 9.45. The van der Waals surface area contributed by atoms with Crippen molar-refractivity contribution in [2.24, 2.45) is 0 Å². The summed E-state index contributed by atoms with van der Waals surface area (Å²) < 4.78 is 21.9. The molecule has 0 aliphatic rings. The topological polar surface area (TPSA) is 90.9 Å². The maximum absolute atomic E-state index is 12.6. The second-order valence-electron chi connectivity index (χ2n) is 8.41. The average molecular weight is 464 g/mol. The summed E-state index contributed by atoms with van der Waals surface area (Å²) in [5.41, 5.74) is 4.24. The smallest absolute Gasteiger partial charge is 0.339 e. The van der Waals surface area contributed by atoms with Gasteiger partial charge in [0.2, 0.25) is 5.91 Å². The first-order valence-corrected chi connectivity index (χ1v) is 11.3. The summed E-state index contributed by atoms with van der Waals surface area (Å²) in [5.74, 6) is 2.05. The summed E-state index contributed by atoms with van der Waals surface area (Å²) in [6.45, 7) is 6.31. The van der Waals surface area contributed by atoms with E-state index in [1.165, 1.54) is 0 Å². The largest absolute Gasteiger partial charge is 0.493 e. The van der Waals surface area contributed by atoms with Gasteiger partial charge in [0.15, 0.2) is 11.5 Å². The van der Waals surface area contributed by atoms with Gasteiger partial charge in [0.1, 0.15) is 16.9 Å². The number of benzene rings is 2. The van der Waals surface area contributed by atoms with Crippen LogP contribution >= 0.6 is 0 Å². The Hall–Kier alpha value is -3.74. The van der Waals surface area contributed by atoms with Gasteiger partial charge in [-0.05, 0) is 68.5 Å². The molecule has 2 aromatic carbocycles. The van der Waals surface area contributed by atoms with Gasteiger partial charge in [-0.1, -0.05) is 6.07 Å². The van der Waals surface area contributed by atoms with Gasteiger partial charge in [-0.3, -0.25) is 4.79 Å². The predicted molar refractivity (Wildman–Crippen MR) is 131 cm³/mol. The van der Waals surface area contributed by atoms with Crippen LogP contribution in [0.15, 0.2) is 44.0 Å². The summed E-state index contributed by atoms with van der Waals surface area (Å²) in [7, 11) is 3.18. The molecule has 0 saturated carbocycles. The predicted octanol–water partition coefficient (Wildman–Crippen LogP) is 4.77. The molecule has 0 fully saturated rings. The van der Waals surface area contributed by atoms with E-state index in [9.17, 15) is 9.59 Å². The van der Waals surface area contributed by atoms with Crippen LogP contribution in [0.1, 0.15) is 34.4 Å². The molecule has 4 aromatic rings. The first kappa shape index (κ1) is 23.4. The third kappa shape index (κ3) is 4.51. The van der Waals surface area contributed by atoms with E-state index in [-0.39, 0.29) is 12.3 Å². The van der Waals surface area contributed by atoms with E-state index in [1.807, 2.05) is 45.0 Å². The minimum absolute atomic E-state index is 0.115. The lowest BCUT2D eigenvalue weighted by Crippen LogP contribution is -2.26. The summed E-state index contributed by atoms with van der Waals surface area (Å²) >= 11 is 0. The number of furan rings is 1. The second-order valence-corrected chi connectivity index (χ2v) is 8.41. The monoisotopic (exact) mass is 463 g/mol. The number of amides is 1. The van der Waals surface area contributed by atoms with Crippen LogP contribution < -0.4 is 20.4 Å². The van der Waals surface area contributed by atoms with Gasteiger partial charge in [-0.2, -0.15) is 0 Å². The van der Waals surface area contributed by atoms with Crippen molar-refractivity contribution >= 4 is 27.8 Å². The molecule has 4 rings (SSSR count). The zero-order valence-electron chi connectivity index (χ0n) is 20.2. The molecule has 0 aliphatic heterocycles. The molecule has 0 atom stereocenters. The van der Waals surface area contributed by atoms with Crippen LogP contribution in [0, 0.1) is 20.8 Å².